The van der Waals surface area contributed by atoms with Gasteiger partial charge in [0.15, 0.2) is 0 Å². The van der Waals surface area contributed by atoms with Crippen molar-refractivity contribution >= 4 is 39.7 Å². The number of carboxylic acid groups (broad SMARTS) is 1. The molecule has 2 N–H and O–H groups in total. The Hall–Kier alpha value is -3.73. The van der Waals surface area contributed by atoms with Crippen molar-refractivity contribution in [3.63, 3.8) is 0 Å². The fourth-order valence-corrected chi connectivity index (χ4v) is 4.10. The van der Waals surface area contributed by atoms with E-state index in [1.54, 1.807) is 4.90 Å². The van der Waals surface area contributed by atoms with Gasteiger partial charge in [0.2, 0.25) is 0 Å². The topological polar surface area (TPSA) is 60.8 Å². The molecule has 33 heavy (non-hydrogen) atoms. The van der Waals surface area contributed by atoms with Crippen LogP contribution in [0.5, 0.6) is 0 Å². The molecule has 0 spiro atoms. The first-order valence-electron chi connectivity index (χ1n) is 11.0. The van der Waals surface area contributed by atoms with Crippen molar-refractivity contribution in [2.24, 2.45) is 0 Å². The van der Waals surface area contributed by atoms with Crippen LogP contribution in [0.15, 0.2) is 97.1 Å². The molecule has 0 unspecified atom stereocenters. The SMILES string of the molecule is O=C(O)[C@H](CO)N(C/C=C/c1cccc2ccccc12)C/C=C/c1cccc2ccccc12. The highest BCUT2D eigenvalue weighted by molar-refractivity contribution is 5.91. The summed E-state index contributed by atoms with van der Waals surface area (Å²) in [6.07, 6.45) is 7.94. The number of aliphatic hydroxyl groups is 1. The summed E-state index contributed by atoms with van der Waals surface area (Å²) in [4.78, 5) is 13.5. The van der Waals surface area contributed by atoms with Crippen LogP contribution in [0.1, 0.15) is 11.1 Å². The zero-order valence-corrected chi connectivity index (χ0v) is 18.3. The zero-order chi connectivity index (χ0) is 23.0. The Labute approximate surface area is 193 Å². The summed E-state index contributed by atoms with van der Waals surface area (Å²) >= 11 is 0. The van der Waals surface area contributed by atoms with E-state index in [4.69, 9.17) is 0 Å². The minimum atomic E-state index is -1.03. The number of aliphatic carboxylic acids is 1. The highest BCUT2D eigenvalue weighted by Crippen LogP contribution is 2.21. The molecule has 0 heterocycles. The molecule has 0 fully saturated rings. The predicted octanol–water partition coefficient (Wildman–Crippen LogP) is 5.47. The minimum absolute atomic E-state index is 0.403. The fourth-order valence-electron chi connectivity index (χ4n) is 4.10. The average Bonchev–Trinajstić information content (AvgIpc) is 2.84. The second-order valence-electron chi connectivity index (χ2n) is 7.93. The lowest BCUT2D eigenvalue weighted by molar-refractivity contribution is -0.144. The Kier molecular flexibility index (Phi) is 7.30. The molecule has 4 rings (SSSR count). The van der Waals surface area contributed by atoms with Crippen LogP contribution in [0.3, 0.4) is 0 Å². The van der Waals surface area contributed by atoms with Crippen molar-refractivity contribution < 1.29 is 15.0 Å². The van der Waals surface area contributed by atoms with Crippen molar-refractivity contribution in [2.45, 2.75) is 6.04 Å². The van der Waals surface area contributed by atoms with Gasteiger partial charge in [-0.25, -0.2) is 0 Å². The number of fused-ring (bicyclic) bond motifs is 2. The smallest absolute Gasteiger partial charge is 0.323 e. The van der Waals surface area contributed by atoms with Crippen molar-refractivity contribution in [1.82, 2.24) is 4.90 Å². The van der Waals surface area contributed by atoms with Gasteiger partial charge in [-0.1, -0.05) is 109 Å². The maximum Gasteiger partial charge on any atom is 0.323 e. The highest BCUT2D eigenvalue weighted by atomic mass is 16.4. The molecule has 0 bridgehead atoms. The summed E-state index contributed by atoms with van der Waals surface area (Å²) in [6.45, 7) is 0.362. The monoisotopic (exact) mass is 437 g/mol. The Morgan fingerprint density at radius 1 is 0.727 bits per heavy atom. The molecule has 166 valence electrons. The van der Waals surface area contributed by atoms with Crippen molar-refractivity contribution in [3.8, 4) is 0 Å². The summed E-state index contributed by atoms with van der Waals surface area (Å²) in [6, 6.07) is 27.6. The number of nitrogens with zero attached hydrogens (tertiary/aromatic N) is 1. The van der Waals surface area contributed by atoms with E-state index in [0.29, 0.717) is 13.1 Å². The number of benzene rings is 4. The lowest BCUT2D eigenvalue weighted by Gasteiger charge is -2.25. The standard InChI is InChI=1S/C29H27NO3/c31-21-28(29(32)33)30(19-7-15-24-13-5-11-22-9-1-3-17-26(22)24)20-8-16-25-14-6-12-23-10-2-4-18-27(23)25/h1-18,28,31H,19-21H2,(H,32,33)/b15-7+,16-8+/t28-/m0/s1. The van der Waals surface area contributed by atoms with Crippen LogP contribution in [-0.4, -0.2) is 46.8 Å². The van der Waals surface area contributed by atoms with Crippen LogP contribution < -0.4 is 0 Å². The summed E-state index contributed by atoms with van der Waals surface area (Å²) < 4.78 is 0. The third-order valence-corrected chi connectivity index (χ3v) is 5.82. The van der Waals surface area contributed by atoms with Crippen LogP contribution in [-0.2, 0) is 4.79 Å². The van der Waals surface area contributed by atoms with E-state index < -0.39 is 18.6 Å². The van der Waals surface area contributed by atoms with Gasteiger partial charge in [-0.3, -0.25) is 9.69 Å². The first-order chi connectivity index (χ1) is 16.2. The van der Waals surface area contributed by atoms with E-state index in [1.165, 1.54) is 0 Å². The molecular formula is C29H27NO3. The van der Waals surface area contributed by atoms with E-state index in [1.807, 2.05) is 72.8 Å². The molecule has 0 saturated heterocycles. The van der Waals surface area contributed by atoms with Crippen LogP contribution in [0.4, 0.5) is 0 Å². The van der Waals surface area contributed by atoms with Crippen LogP contribution >= 0.6 is 0 Å². The summed E-state index contributed by atoms with van der Waals surface area (Å²) in [7, 11) is 0. The van der Waals surface area contributed by atoms with Crippen molar-refractivity contribution in [1.29, 1.82) is 0 Å². The Balaban J connectivity index is 1.53. The molecule has 0 aliphatic heterocycles. The molecule has 1 atom stereocenters. The van der Waals surface area contributed by atoms with Crippen LogP contribution in [0.2, 0.25) is 0 Å². The molecule has 0 radical (unpaired) electrons. The van der Waals surface area contributed by atoms with E-state index in [0.717, 1.165) is 32.7 Å². The molecule has 0 aromatic heterocycles. The van der Waals surface area contributed by atoms with Crippen LogP contribution in [0, 0.1) is 0 Å². The van der Waals surface area contributed by atoms with E-state index in [-0.39, 0.29) is 0 Å². The molecule has 4 aromatic carbocycles. The van der Waals surface area contributed by atoms with Crippen molar-refractivity contribution in [3.05, 3.63) is 108 Å². The molecule has 0 aliphatic rings. The maximum atomic E-state index is 11.7. The van der Waals surface area contributed by atoms with Crippen LogP contribution in [0.25, 0.3) is 33.7 Å². The van der Waals surface area contributed by atoms with Gasteiger partial charge < -0.3 is 10.2 Å². The maximum absolute atomic E-state index is 11.7. The normalized spacial score (nSPS) is 12.9. The molecule has 0 amide bonds. The molecule has 4 nitrogen and oxygen atoms in total. The fraction of sp³-hybridized carbons (Fsp3) is 0.138. The quantitative estimate of drug-likeness (QED) is 0.365. The Morgan fingerprint density at radius 3 is 1.64 bits per heavy atom. The number of hydrogen-bond donors (Lipinski definition) is 2. The summed E-state index contributed by atoms with van der Waals surface area (Å²) in [5, 5.41) is 23.9. The molecular weight excluding hydrogens is 410 g/mol. The van der Waals surface area contributed by atoms with Gasteiger partial charge in [0.1, 0.15) is 6.04 Å². The summed E-state index contributed by atoms with van der Waals surface area (Å²) in [5.74, 6) is -1.03. The second-order valence-corrected chi connectivity index (χ2v) is 7.93. The first kappa shape index (κ1) is 22.5. The Bertz CT molecular complexity index is 1210. The molecule has 4 aromatic rings. The van der Waals surface area contributed by atoms with Crippen molar-refractivity contribution in [2.75, 3.05) is 19.7 Å². The van der Waals surface area contributed by atoms with E-state index in [2.05, 4.69) is 36.4 Å². The van der Waals surface area contributed by atoms with E-state index >= 15 is 0 Å². The van der Waals surface area contributed by atoms with E-state index in [9.17, 15) is 15.0 Å². The zero-order valence-electron chi connectivity index (χ0n) is 18.3. The number of rotatable bonds is 9. The average molecular weight is 438 g/mol. The molecule has 0 aliphatic carbocycles. The van der Waals surface area contributed by atoms with Gasteiger partial charge >= 0.3 is 5.97 Å². The largest absolute Gasteiger partial charge is 0.480 e. The van der Waals surface area contributed by atoms with Gasteiger partial charge in [0.25, 0.3) is 0 Å². The predicted molar refractivity (Wildman–Crippen MR) is 136 cm³/mol. The Morgan fingerprint density at radius 2 is 1.18 bits per heavy atom. The van der Waals surface area contributed by atoms with Gasteiger partial charge in [-0.05, 0) is 32.7 Å². The minimum Gasteiger partial charge on any atom is -0.480 e. The number of hydrogen-bond acceptors (Lipinski definition) is 3. The third kappa shape index (κ3) is 5.37. The molecule has 0 saturated carbocycles. The first-order valence-corrected chi connectivity index (χ1v) is 11.0. The lowest BCUT2D eigenvalue weighted by Crippen LogP contribution is -2.44. The number of aliphatic hydroxyl groups excluding tert-OH is 1. The lowest BCUT2D eigenvalue weighted by atomic mass is 10.0. The van der Waals surface area contributed by atoms with Gasteiger partial charge in [0.05, 0.1) is 6.61 Å². The highest BCUT2D eigenvalue weighted by Gasteiger charge is 2.23. The number of carboxylic acids is 1. The summed E-state index contributed by atoms with van der Waals surface area (Å²) in [5.41, 5.74) is 2.16. The van der Waals surface area contributed by atoms with Gasteiger partial charge in [-0.15, -0.1) is 0 Å². The number of carbonyl (C=O) groups is 1. The van der Waals surface area contributed by atoms with Gasteiger partial charge in [-0.2, -0.15) is 0 Å². The van der Waals surface area contributed by atoms with Gasteiger partial charge in [0, 0.05) is 13.1 Å². The third-order valence-electron chi connectivity index (χ3n) is 5.82. The second kappa shape index (κ2) is 10.7. The molecule has 4 heteroatoms.